The highest BCUT2D eigenvalue weighted by molar-refractivity contribution is 6.04. The molecule has 0 aromatic rings. The van der Waals surface area contributed by atoms with E-state index in [0.717, 1.165) is 0 Å². The normalized spacial score (nSPS) is 25.8. The fourth-order valence-electron chi connectivity index (χ4n) is 1.89. The van der Waals surface area contributed by atoms with E-state index in [4.69, 9.17) is 4.74 Å². The predicted octanol–water partition coefficient (Wildman–Crippen LogP) is 2.03. The molecule has 0 saturated carbocycles. The van der Waals surface area contributed by atoms with Crippen molar-refractivity contribution >= 4 is 11.8 Å². The summed E-state index contributed by atoms with van der Waals surface area (Å²) in [6.07, 6.45) is 7.30. The van der Waals surface area contributed by atoms with Crippen LogP contribution in [0.1, 0.15) is 25.7 Å². The second-order valence-electron chi connectivity index (χ2n) is 3.70. The molecule has 0 fully saturated rings. The predicted molar refractivity (Wildman–Crippen MR) is 57.3 cm³/mol. The first-order chi connectivity index (χ1) is 7.17. The molecule has 1 aliphatic rings. The van der Waals surface area contributed by atoms with E-state index in [1.165, 1.54) is 7.11 Å². The van der Waals surface area contributed by atoms with E-state index < -0.39 is 11.4 Å². The van der Waals surface area contributed by atoms with Crippen LogP contribution in [0.5, 0.6) is 0 Å². The number of hydrogen-bond donors (Lipinski definition) is 0. The van der Waals surface area contributed by atoms with Crippen molar-refractivity contribution in [2.24, 2.45) is 5.41 Å². The number of esters is 1. The van der Waals surface area contributed by atoms with Gasteiger partial charge in [0.1, 0.15) is 5.41 Å². The molecule has 15 heavy (non-hydrogen) atoms. The molecule has 0 heterocycles. The largest absolute Gasteiger partial charge is 0.468 e. The zero-order chi connectivity index (χ0) is 11.3. The maximum Gasteiger partial charge on any atom is 0.319 e. The fourth-order valence-corrected chi connectivity index (χ4v) is 1.89. The van der Waals surface area contributed by atoms with Gasteiger partial charge in [0.25, 0.3) is 0 Å². The molecule has 0 saturated heterocycles. The van der Waals surface area contributed by atoms with Crippen molar-refractivity contribution in [3.05, 3.63) is 24.8 Å². The molecule has 3 nitrogen and oxygen atoms in total. The highest BCUT2D eigenvalue weighted by Crippen LogP contribution is 2.34. The van der Waals surface area contributed by atoms with E-state index in [9.17, 15) is 9.59 Å². The molecule has 1 unspecified atom stereocenters. The summed E-state index contributed by atoms with van der Waals surface area (Å²) in [6.45, 7) is 3.60. The van der Waals surface area contributed by atoms with Crippen LogP contribution < -0.4 is 0 Å². The van der Waals surface area contributed by atoms with E-state index in [-0.39, 0.29) is 5.78 Å². The smallest absolute Gasteiger partial charge is 0.319 e. The van der Waals surface area contributed by atoms with Crippen LogP contribution in [0.3, 0.4) is 0 Å². The first kappa shape index (κ1) is 11.7. The van der Waals surface area contributed by atoms with E-state index >= 15 is 0 Å². The van der Waals surface area contributed by atoms with Gasteiger partial charge in [-0.15, -0.1) is 6.58 Å². The number of ketones is 1. The molecule has 1 rings (SSSR count). The van der Waals surface area contributed by atoms with Gasteiger partial charge in [-0.1, -0.05) is 18.2 Å². The van der Waals surface area contributed by atoms with Crippen molar-refractivity contribution in [3.63, 3.8) is 0 Å². The third-order valence-electron chi connectivity index (χ3n) is 2.77. The van der Waals surface area contributed by atoms with Crippen molar-refractivity contribution in [1.82, 2.24) is 0 Å². The van der Waals surface area contributed by atoms with Gasteiger partial charge >= 0.3 is 5.97 Å². The van der Waals surface area contributed by atoms with E-state index in [2.05, 4.69) is 6.58 Å². The van der Waals surface area contributed by atoms with Gasteiger partial charge in [0.05, 0.1) is 7.11 Å². The summed E-state index contributed by atoms with van der Waals surface area (Å²) in [5.41, 5.74) is -1.02. The van der Waals surface area contributed by atoms with Crippen molar-refractivity contribution < 1.29 is 14.3 Å². The number of allylic oxidation sites excluding steroid dienone is 3. The van der Waals surface area contributed by atoms with Crippen molar-refractivity contribution in [2.75, 3.05) is 7.11 Å². The standard InChI is InChI=1S/C12H16O3/c1-3-8-12(11(14)15-2)9-6-4-5-7-10(12)13/h3-4,6H,1,5,7-9H2,2H3. The molecule has 0 bridgehead atoms. The Balaban J connectivity index is 3.04. The minimum atomic E-state index is -1.02. The number of Topliss-reactive ketones (excluding diaryl/α,β-unsaturated/α-hetero) is 1. The van der Waals surface area contributed by atoms with Crippen molar-refractivity contribution in [3.8, 4) is 0 Å². The Morgan fingerprint density at radius 1 is 1.67 bits per heavy atom. The molecule has 3 heteroatoms. The van der Waals surface area contributed by atoms with Gasteiger partial charge in [0, 0.05) is 6.42 Å². The summed E-state index contributed by atoms with van der Waals surface area (Å²) in [5, 5.41) is 0. The van der Waals surface area contributed by atoms with Crippen LogP contribution in [-0.2, 0) is 14.3 Å². The molecule has 0 aromatic carbocycles. The number of carbonyl (C=O) groups is 2. The number of hydrogen-bond acceptors (Lipinski definition) is 3. The summed E-state index contributed by atoms with van der Waals surface area (Å²) < 4.78 is 4.73. The average molecular weight is 208 g/mol. The Bertz CT molecular complexity index is 304. The molecule has 0 aromatic heterocycles. The molecule has 0 N–H and O–H groups in total. The second kappa shape index (κ2) is 4.91. The Hall–Kier alpha value is -1.38. The van der Waals surface area contributed by atoms with Crippen LogP contribution in [0, 0.1) is 5.41 Å². The highest BCUT2D eigenvalue weighted by atomic mass is 16.5. The minimum absolute atomic E-state index is 0.0424. The zero-order valence-corrected chi connectivity index (χ0v) is 8.99. The molecule has 1 atom stereocenters. The summed E-state index contributed by atoms with van der Waals surface area (Å²) >= 11 is 0. The summed E-state index contributed by atoms with van der Waals surface area (Å²) in [4.78, 5) is 23.7. The Labute approximate surface area is 89.8 Å². The maximum absolute atomic E-state index is 11.9. The maximum atomic E-state index is 11.9. The summed E-state index contributed by atoms with van der Waals surface area (Å²) in [5.74, 6) is -0.488. The van der Waals surface area contributed by atoms with E-state index in [0.29, 0.717) is 25.7 Å². The fraction of sp³-hybridized carbons (Fsp3) is 0.500. The topological polar surface area (TPSA) is 43.4 Å². The third-order valence-corrected chi connectivity index (χ3v) is 2.77. The molecular formula is C12H16O3. The summed E-state index contributed by atoms with van der Waals surface area (Å²) in [7, 11) is 1.31. The van der Waals surface area contributed by atoms with Crippen LogP contribution in [0.25, 0.3) is 0 Å². The van der Waals surface area contributed by atoms with Crippen LogP contribution in [0.2, 0.25) is 0 Å². The van der Waals surface area contributed by atoms with Gasteiger partial charge in [-0.3, -0.25) is 9.59 Å². The van der Waals surface area contributed by atoms with Crippen LogP contribution in [0.15, 0.2) is 24.8 Å². The van der Waals surface area contributed by atoms with Crippen molar-refractivity contribution in [2.45, 2.75) is 25.7 Å². The van der Waals surface area contributed by atoms with Gasteiger partial charge < -0.3 is 4.74 Å². The lowest BCUT2D eigenvalue weighted by atomic mass is 9.77. The van der Waals surface area contributed by atoms with Gasteiger partial charge in [-0.2, -0.15) is 0 Å². The monoisotopic (exact) mass is 208 g/mol. The van der Waals surface area contributed by atoms with Crippen molar-refractivity contribution in [1.29, 1.82) is 0 Å². The van der Waals surface area contributed by atoms with Crippen LogP contribution in [-0.4, -0.2) is 18.9 Å². The van der Waals surface area contributed by atoms with Crippen LogP contribution >= 0.6 is 0 Å². The lowest BCUT2D eigenvalue weighted by molar-refractivity contribution is -0.157. The quantitative estimate of drug-likeness (QED) is 0.405. The van der Waals surface area contributed by atoms with Gasteiger partial charge in [-0.05, 0) is 19.3 Å². The molecule has 82 valence electrons. The Kier molecular flexibility index (Phi) is 3.83. The molecule has 0 radical (unpaired) electrons. The lowest BCUT2D eigenvalue weighted by Crippen LogP contribution is -2.39. The second-order valence-corrected chi connectivity index (χ2v) is 3.70. The molecule has 0 aliphatic heterocycles. The first-order valence-corrected chi connectivity index (χ1v) is 5.05. The molecule has 1 aliphatic carbocycles. The van der Waals surface area contributed by atoms with Gasteiger partial charge in [-0.25, -0.2) is 0 Å². The number of methoxy groups -OCH3 is 1. The SMILES string of the molecule is C=CCC1(C(=O)OC)CC=CCCC1=O. The molecule has 0 spiro atoms. The average Bonchev–Trinajstić information content (AvgIpc) is 2.42. The minimum Gasteiger partial charge on any atom is -0.468 e. The first-order valence-electron chi connectivity index (χ1n) is 5.05. The Morgan fingerprint density at radius 2 is 2.40 bits per heavy atom. The lowest BCUT2D eigenvalue weighted by Gasteiger charge is -2.26. The van der Waals surface area contributed by atoms with Gasteiger partial charge in [0.15, 0.2) is 5.78 Å². The molecular weight excluding hydrogens is 192 g/mol. The van der Waals surface area contributed by atoms with E-state index in [1.54, 1.807) is 6.08 Å². The number of rotatable bonds is 3. The number of ether oxygens (including phenoxy) is 1. The zero-order valence-electron chi connectivity index (χ0n) is 8.99. The van der Waals surface area contributed by atoms with Gasteiger partial charge in [0.2, 0.25) is 0 Å². The third kappa shape index (κ3) is 2.17. The summed E-state index contributed by atoms with van der Waals surface area (Å²) in [6, 6.07) is 0. The molecule has 0 amide bonds. The van der Waals surface area contributed by atoms with E-state index in [1.807, 2.05) is 12.2 Å². The van der Waals surface area contributed by atoms with Crippen LogP contribution in [0.4, 0.5) is 0 Å². The number of carbonyl (C=O) groups excluding carboxylic acids is 2. The highest BCUT2D eigenvalue weighted by Gasteiger charge is 2.44. The Morgan fingerprint density at radius 3 is 3.00 bits per heavy atom.